The molecule has 0 aliphatic heterocycles. The van der Waals surface area contributed by atoms with Crippen LogP contribution in [0.5, 0.6) is 0 Å². The third kappa shape index (κ3) is 4.02. The normalized spacial score (nSPS) is 13.0. The van der Waals surface area contributed by atoms with E-state index in [-0.39, 0.29) is 6.42 Å². The standard InChI is InChI=1S/C12H12F3N5O/c13-12(14,15)10-18-11(20-19-10)17-9(21)6-8(16)7-4-2-1-3-5-7/h1-5,8H,6,16H2,(H2,17,18,19,20,21). The average molecular weight is 299 g/mol. The lowest BCUT2D eigenvalue weighted by Gasteiger charge is -2.10. The Morgan fingerprint density at radius 1 is 1.33 bits per heavy atom. The van der Waals surface area contributed by atoms with E-state index in [1.54, 1.807) is 29.4 Å². The van der Waals surface area contributed by atoms with Gasteiger partial charge in [0.25, 0.3) is 0 Å². The number of aromatic nitrogens is 3. The van der Waals surface area contributed by atoms with Crippen LogP contribution in [0.4, 0.5) is 19.1 Å². The Labute approximate surface area is 117 Å². The number of carbonyl (C=O) groups excluding carboxylic acids is 1. The van der Waals surface area contributed by atoms with Gasteiger partial charge in [-0.15, -0.1) is 5.10 Å². The van der Waals surface area contributed by atoms with Crippen molar-refractivity contribution in [2.24, 2.45) is 5.73 Å². The van der Waals surface area contributed by atoms with Gasteiger partial charge < -0.3 is 5.73 Å². The van der Waals surface area contributed by atoms with Crippen LogP contribution in [0, 0.1) is 0 Å². The number of rotatable bonds is 4. The topological polar surface area (TPSA) is 96.7 Å². The monoisotopic (exact) mass is 299 g/mol. The summed E-state index contributed by atoms with van der Waals surface area (Å²) in [5, 5.41) is 7.14. The third-order valence-corrected chi connectivity index (χ3v) is 2.64. The lowest BCUT2D eigenvalue weighted by Crippen LogP contribution is -2.21. The molecule has 1 atom stereocenters. The molecule has 0 saturated heterocycles. The van der Waals surface area contributed by atoms with E-state index in [0.29, 0.717) is 0 Å². The van der Waals surface area contributed by atoms with Gasteiger partial charge in [-0.05, 0) is 5.56 Å². The van der Waals surface area contributed by atoms with Crippen molar-refractivity contribution in [3.05, 3.63) is 41.7 Å². The zero-order valence-corrected chi connectivity index (χ0v) is 10.7. The molecule has 2 aromatic rings. The first kappa shape index (κ1) is 15.0. The number of benzene rings is 1. The number of nitrogens with two attached hydrogens (primary N) is 1. The summed E-state index contributed by atoms with van der Waals surface area (Å²) in [6.45, 7) is 0. The molecule has 1 unspecified atom stereocenters. The predicted octanol–water partition coefficient (Wildman–Crippen LogP) is 1.85. The van der Waals surface area contributed by atoms with Gasteiger partial charge in [-0.3, -0.25) is 15.2 Å². The molecule has 0 bridgehead atoms. The first-order chi connectivity index (χ1) is 9.86. The maximum atomic E-state index is 12.3. The van der Waals surface area contributed by atoms with Crippen molar-refractivity contribution in [2.45, 2.75) is 18.6 Å². The van der Waals surface area contributed by atoms with Crippen LogP contribution in [0.15, 0.2) is 30.3 Å². The van der Waals surface area contributed by atoms with Gasteiger partial charge in [0.05, 0.1) is 0 Å². The SMILES string of the molecule is NC(CC(=O)Nc1n[nH]c(C(F)(F)F)n1)c1ccccc1. The van der Waals surface area contributed by atoms with Crippen molar-refractivity contribution < 1.29 is 18.0 Å². The highest BCUT2D eigenvalue weighted by Gasteiger charge is 2.35. The van der Waals surface area contributed by atoms with Crippen molar-refractivity contribution >= 4 is 11.9 Å². The minimum atomic E-state index is -4.64. The maximum Gasteiger partial charge on any atom is 0.451 e. The van der Waals surface area contributed by atoms with E-state index >= 15 is 0 Å². The summed E-state index contributed by atoms with van der Waals surface area (Å²) < 4.78 is 36.9. The number of amides is 1. The second-order valence-corrected chi connectivity index (χ2v) is 4.27. The van der Waals surface area contributed by atoms with Gasteiger partial charge in [0.15, 0.2) is 0 Å². The maximum absolute atomic E-state index is 12.3. The van der Waals surface area contributed by atoms with Crippen LogP contribution >= 0.6 is 0 Å². The second-order valence-electron chi connectivity index (χ2n) is 4.27. The molecule has 2 rings (SSSR count). The van der Waals surface area contributed by atoms with Crippen molar-refractivity contribution in [1.82, 2.24) is 15.2 Å². The summed E-state index contributed by atoms with van der Waals surface area (Å²) in [7, 11) is 0. The highest BCUT2D eigenvalue weighted by molar-refractivity contribution is 5.89. The van der Waals surface area contributed by atoms with E-state index in [0.717, 1.165) is 5.56 Å². The molecular formula is C12H12F3N5O. The van der Waals surface area contributed by atoms with Gasteiger partial charge in [0, 0.05) is 12.5 Å². The third-order valence-electron chi connectivity index (χ3n) is 2.64. The van der Waals surface area contributed by atoms with Crippen LogP contribution in [-0.2, 0) is 11.0 Å². The van der Waals surface area contributed by atoms with Crippen LogP contribution in [0.25, 0.3) is 0 Å². The number of hydrogen-bond donors (Lipinski definition) is 3. The average Bonchev–Trinajstić information content (AvgIpc) is 2.88. The Kier molecular flexibility index (Phi) is 4.22. The van der Waals surface area contributed by atoms with E-state index in [9.17, 15) is 18.0 Å². The number of alkyl halides is 3. The van der Waals surface area contributed by atoms with Gasteiger partial charge in [0.1, 0.15) is 0 Å². The first-order valence-electron chi connectivity index (χ1n) is 5.96. The number of aromatic amines is 1. The zero-order valence-electron chi connectivity index (χ0n) is 10.7. The molecule has 1 heterocycles. The molecule has 1 amide bonds. The predicted molar refractivity (Wildman–Crippen MR) is 68.0 cm³/mol. The molecule has 4 N–H and O–H groups in total. The van der Waals surface area contributed by atoms with E-state index in [1.807, 2.05) is 6.07 Å². The fourth-order valence-electron chi connectivity index (χ4n) is 1.64. The smallest absolute Gasteiger partial charge is 0.324 e. The number of carbonyl (C=O) groups is 1. The van der Waals surface area contributed by atoms with Gasteiger partial charge in [-0.2, -0.15) is 18.2 Å². The summed E-state index contributed by atoms with van der Waals surface area (Å²) in [6, 6.07) is 8.31. The Balaban J connectivity index is 1.94. The van der Waals surface area contributed by atoms with Crippen LogP contribution in [-0.4, -0.2) is 21.1 Å². The van der Waals surface area contributed by atoms with Gasteiger partial charge in [-0.25, -0.2) is 0 Å². The molecule has 21 heavy (non-hydrogen) atoms. The highest BCUT2D eigenvalue weighted by atomic mass is 19.4. The molecule has 0 aliphatic rings. The molecule has 9 heteroatoms. The van der Waals surface area contributed by atoms with Crippen LogP contribution in [0.3, 0.4) is 0 Å². The molecule has 1 aromatic carbocycles. The van der Waals surface area contributed by atoms with E-state index in [4.69, 9.17) is 5.73 Å². The van der Waals surface area contributed by atoms with Gasteiger partial charge in [0.2, 0.25) is 17.7 Å². The summed E-state index contributed by atoms with van der Waals surface area (Å²) in [6.07, 6.45) is -4.74. The minimum Gasteiger partial charge on any atom is -0.324 e. The molecule has 0 aliphatic carbocycles. The van der Waals surface area contributed by atoms with Crippen LogP contribution < -0.4 is 11.1 Å². The molecule has 0 spiro atoms. The van der Waals surface area contributed by atoms with Crippen LogP contribution in [0.2, 0.25) is 0 Å². The highest BCUT2D eigenvalue weighted by Crippen LogP contribution is 2.26. The number of anilines is 1. The summed E-state index contributed by atoms with van der Waals surface area (Å²) >= 11 is 0. The fraction of sp³-hybridized carbons (Fsp3) is 0.250. The Morgan fingerprint density at radius 2 is 2.00 bits per heavy atom. The van der Waals surface area contributed by atoms with Crippen molar-refractivity contribution in [3.8, 4) is 0 Å². The van der Waals surface area contributed by atoms with Crippen molar-refractivity contribution in [1.29, 1.82) is 0 Å². The molecule has 1 aromatic heterocycles. The summed E-state index contributed by atoms with van der Waals surface area (Å²) in [5.74, 6) is -2.28. The molecule has 0 radical (unpaired) electrons. The zero-order chi connectivity index (χ0) is 15.5. The Morgan fingerprint density at radius 3 is 2.57 bits per heavy atom. The molecule has 0 saturated carbocycles. The van der Waals surface area contributed by atoms with Gasteiger partial charge >= 0.3 is 6.18 Å². The molecule has 112 valence electrons. The largest absolute Gasteiger partial charge is 0.451 e. The van der Waals surface area contributed by atoms with Gasteiger partial charge in [-0.1, -0.05) is 30.3 Å². The molecular weight excluding hydrogens is 287 g/mol. The van der Waals surface area contributed by atoms with E-state index in [1.165, 1.54) is 0 Å². The van der Waals surface area contributed by atoms with Crippen molar-refractivity contribution in [2.75, 3.05) is 5.32 Å². The lowest BCUT2D eigenvalue weighted by atomic mass is 10.0. The fourth-order valence-corrected chi connectivity index (χ4v) is 1.64. The first-order valence-corrected chi connectivity index (χ1v) is 5.96. The number of hydrogen-bond acceptors (Lipinski definition) is 4. The summed E-state index contributed by atoms with van der Waals surface area (Å²) in [4.78, 5) is 14.8. The van der Waals surface area contributed by atoms with Crippen LogP contribution in [0.1, 0.15) is 23.9 Å². The lowest BCUT2D eigenvalue weighted by molar-refractivity contribution is -0.144. The number of H-pyrrole nitrogens is 1. The van der Waals surface area contributed by atoms with E-state index in [2.05, 4.69) is 15.4 Å². The number of halogens is 3. The van der Waals surface area contributed by atoms with Crippen molar-refractivity contribution in [3.63, 3.8) is 0 Å². The molecule has 6 nitrogen and oxygen atoms in total. The quantitative estimate of drug-likeness (QED) is 0.802. The number of nitrogens with zero attached hydrogens (tertiary/aromatic N) is 2. The number of nitrogens with one attached hydrogen (secondary N) is 2. The van der Waals surface area contributed by atoms with E-state index < -0.39 is 29.9 Å². The second kappa shape index (κ2) is 5.92. The Bertz CT molecular complexity index is 611. The summed E-state index contributed by atoms with van der Waals surface area (Å²) in [5.41, 5.74) is 6.58. The minimum absolute atomic E-state index is 0.0973. The Hall–Kier alpha value is -2.42. The molecule has 0 fully saturated rings.